The lowest BCUT2D eigenvalue weighted by Crippen LogP contribution is -2.13. The molecule has 2 saturated carbocycles. The van der Waals surface area contributed by atoms with Gasteiger partial charge in [0.15, 0.2) is 11.6 Å². The van der Waals surface area contributed by atoms with Crippen molar-refractivity contribution >= 4 is 5.97 Å². The van der Waals surface area contributed by atoms with Crippen LogP contribution >= 0.6 is 0 Å². The van der Waals surface area contributed by atoms with Gasteiger partial charge >= 0.3 is 5.97 Å². The number of aliphatic hydroxyl groups is 1. The molecule has 2 atom stereocenters. The minimum Gasteiger partial charge on any atom is -0.497 e. The first-order chi connectivity index (χ1) is 18.7. The third-order valence-electron chi connectivity index (χ3n) is 8.17. The first kappa shape index (κ1) is 27.1. The number of ether oxygens (including phenoxy) is 3. The van der Waals surface area contributed by atoms with E-state index in [2.05, 4.69) is 0 Å². The van der Waals surface area contributed by atoms with Gasteiger partial charge in [-0.25, -0.2) is 8.78 Å². The van der Waals surface area contributed by atoms with E-state index in [1.165, 1.54) is 20.3 Å². The summed E-state index contributed by atoms with van der Waals surface area (Å²) in [5.41, 5.74) is 2.43. The number of carbonyl (C=O) groups is 1. The minimum absolute atomic E-state index is 0.0583. The third-order valence-corrected chi connectivity index (χ3v) is 8.17. The second-order valence-corrected chi connectivity index (χ2v) is 11.0. The Kier molecular flexibility index (Phi) is 7.63. The summed E-state index contributed by atoms with van der Waals surface area (Å²) in [6, 6.07) is 14.9. The highest BCUT2D eigenvalue weighted by atomic mass is 19.1. The molecule has 206 valence electrons. The number of hydrogen-bond donors (Lipinski definition) is 1. The molecule has 3 aromatic carbocycles. The second-order valence-electron chi connectivity index (χ2n) is 11.0. The summed E-state index contributed by atoms with van der Waals surface area (Å²) in [7, 11) is 2.86. The van der Waals surface area contributed by atoms with Crippen LogP contribution in [0.1, 0.15) is 67.7 Å². The highest BCUT2D eigenvalue weighted by molar-refractivity contribution is 5.71. The molecule has 2 fully saturated rings. The largest absolute Gasteiger partial charge is 0.497 e. The van der Waals surface area contributed by atoms with Gasteiger partial charge in [0.25, 0.3) is 0 Å². The van der Waals surface area contributed by atoms with Crippen LogP contribution in [0.15, 0.2) is 54.6 Å². The number of benzene rings is 3. The summed E-state index contributed by atoms with van der Waals surface area (Å²) < 4.78 is 46.5. The van der Waals surface area contributed by atoms with Gasteiger partial charge in [-0.3, -0.25) is 4.79 Å². The van der Waals surface area contributed by atoms with Crippen LogP contribution < -0.4 is 9.47 Å². The van der Waals surface area contributed by atoms with Crippen molar-refractivity contribution in [1.82, 2.24) is 0 Å². The van der Waals surface area contributed by atoms with Crippen LogP contribution in [0.5, 0.6) is 11.5 Å². The van der Waals surface area contributed by atoms with Crippen molar-refractivity contribution in [2.45, 2.75) is 57.7 Å². The van der Waals surface area contributed by atoms with Crippen LogP contribution in [0, 0.1) is 23.0 Å². The van der Waals surface area contributed by atoms with Gasteiger partial charge in [0.1, 0.15) is 18.2 Å². The van der Waals surface area contributed by atoms with Crippen LogP contribution in [0.4, 0.5) is 8.78 Å². The second kappa shape index (κ2) is 11.0. The highest BCUT2D eigenvalue weighted by Crippen LogP contribution is 2.56. The van der Waals surface area contributed by atoms with Crippen molar-refractivity contribution in [3.8, 4) is 22.6 Å². The first-order valence-electron chi connectivity index (χ1n) is 13.4. The topological polar surface area (TPSA) is 65.0 Å². The van der Waals surface area contributed by atoms with E-state index in [1.807, 2.05) is 13.0 Å². The average molecular weight is 537 g/mol. The van der Waals surface area contributed by atoms with Crippen LogP contribution in [-0.2, 0) is 16.1 Å². The lowest BCUT2D eigenvalue weighted by molar-refractivity contribution is -0.141. The number of esters is 1. The Labute approximate surface area is 227 Å². The molecule has 0 unspecified atom stereocenters. The zero-order chi connectivity index (χ0) is 27.7. The maximum Gasteiger partial charge on any atom is 0.306 e. The fraction of sp³-hybridized carbons (Fsp3) is 0.406. The Morgan fingerprint density at radius 2 is 1.79 bits per heavy atom. The zero-order valence-electron chi connectivity index (χ0n) is 22.5. The smallest absolute Gasteiger partial charge is 0.306 e. The molecule has 1 N–H and O–H groups in total. The van der Waals surface area contributed by atoms with Crippen molar-refractivity contribution < 1.29 is 32.9 Å². The van der Waals surface area contributed by atoms with Crippen LogP contribution in [0.2, 0.25) is 0 Å². The first-order valence-corrected chi connectivity index (χ1v) is 13.4. The van der Waals surface area contributed by atoms with E-state index in [0.29, 0.717) is 28.0 Å². The Bertz CT molecular complexity index is 1360. The van der Waals surface area contributed by atoms with Gasteiger partial charge in [0.05, 0.1) is 26.7 Å². The molecule has 3 aromatic rings. The van der Waals surface area contributed by atoms with Crippen molar-refractivity contribution in [2.24, 2.45) is 11.3 Å². The predicted octanol–water partition coefficient (Wildman–Crippen LogP) is 7.11. The molecule has 0 spiro atoms. The summed E-state index contributed by atoms with van der Waals surface area (Å²) in [5, 5.41) is 11.3. The van der Waals surface area contributed by atoms with Gasteiger partial charge in [-0.05, 0) is 89.6 Å². The van der Waals surface area contributed by atoms with E-state index in [4.69, 9.17) is 14.2 Å². The molecule has 39 heavy (non-hydrogen) atoms. The molecule has 2 aliphatic rings. The standard InChI is InChI=1S/C32H34F2O5/c1-32(13-14-32)31(36)26-15-19(7-11-22(26)25-16-21(37-2)10-12-27(25)33)18-39-28-6-4-5-23(30(28)34)24(20-8-9-20)17-29(35)38-3/h4-7,10-12,15-16,20,24,31,36H,8-9,13-14,17-18H2,1-3H3/t24-,31-/m1/s1. The maximum atomic E-state index is 15.6. The number of aliphatic hydroxyl groups excluding tert-OH is 1. The lowest BCUT2D eigenvalue weighted by Gasteiger charge is -2.23. The fourth-order valence-corrected chi connectivity index (χ4v) is 5.24. The summed E-state index contributed by atoms with van der Waals surface area (Å²) in [6.45, 7) is 2.07. The quantitative estimate of drug-likeness (QED) is 0.265. The van der Waals surface area contributed by atoms with Gasteiger partial charge < -0.3 is 19.3 Å². The molecule has 0 heterocycles. The van der Waals surface area contributed by atoms with Crippen LogP contribution in [0.3, 0.4) is 0 Å². The van der Waals surface area contributed by atoms with Gasteiger partial charge in [-0.15, -0.1) is 0 Å². The fourth-order valence-electron chi connectivity index (χ4n) is 5.24. The molecule has 7 heteroatoms. The molecule has 0 radical (unpaired) electrons. The molecule has 5 nitrogen and oxygen atoms in total. The van der Waals surface area contributed by atoms with Crippen LogP contribution in [-0.4, -0.2) is 25.3 Å². The monoisotopic (exact) mass is 536 g/mol. The van der Waals surface area contributed by atoms with E-state index in [-0.39, 0.29) is 42.0 Å². The Morgan fingerprint density at radius 3 is 2.46 bits per heavy atom. The summed E-state index contributed by atoms with van der Waals surface area (Å²) >= 11 is 0. The zero-order valence-corrected chi connectivity index (χ0v) is 22.5. The molecule has 0 saturated heterocycles. The highest BCUT2D eigenvalue weighted by Gasteiger charge is 2.45. The minimum atomic E-state index is -0.796. The van der Waals surface area contributed by atoms with E-state index in [0.717, 1.165) is 31.2 Å². The number of rotatable bonds is 11. The molecule has 0 aromatic heterocycles. The van der Waals surface area contributed by atoms with Crippen molar-refractivity contribution in [3.05, 3.63) is 82.9 Å². The number of methoxy groups -OCH3 is 2. The maximum absolute atomic E-state index is 15.6. The summed E-state index contributed by atoms with van der Waals surface area (Å²) in [6.07, 6.45) is 2.99. The van der Waals surface area contributed by atoms with Gasteiger partial charge in [-0.1, -0.05) is 31.2 Å². The number of hydrogen-bond acceptors (Lipinski definition) is 5. The summed E-state index contributed by atoms with van der Waals surface area (Å²) in [4.78, 5) is 12.0. The van der Waals surface area contributed by atoms with Gasteiger partial charge in [0.2, 0.25) is 0 Å². The predicted molar refractivity (Wildman–Crippen MR) is 144 cm³/mol. The van der Waals surface area contributed by atoms with E-state index >= 15 is 4.39 Å². The van der Waals surface area contributed by atoms with Crippen LogP contribution in [0.25, 0.3) is 11.1 Å². The average Bonchev–Trinajstić information content (AvgIpc) is 3.88. The Balaban J connectivity index is 1.42. The van der Waals surface area contributed by atoms with Gasteiger partial charge in [0, 0.05) is 11.5 Å². The number of carbonyl (C=O) groups excluding carboxylic acids is 1. The lowest BCUT2D eigenvalue weighted by atomic mass is 9.87. The molecular weight excluding hydrogens is 502 g/mol. The Morgan fingerprint density at radius 1 is 1.03 bits per heavy atom. The third kappa shape index (κ3) is 5.78. The number of halogens is 2. The molecule has 0 bridgehead atoms. The van der Waals surface area contributed by atoms with Crippen molar-refractivity contribution in [3.63, 3.8) is 0 Å². The SMILES string of the molecule is COC(=O)C[C@@H](c1cccc(OCc2ccc(-c3cc(OC)ccc3F)c([C@@H](O)C3(C)CC3)c2)c1F)C1CC1. The van der Waals surface area contributed by atoms with E-state index in [9.17, 15) is 14.3 Å². The van der Waals surface area contributed by atoms with E-state index in [1.54, 1.807) is 42.5 Å². The molecule has 0 amide bonds. The Hall–Kier alpha value is -3.45. The van der Waals surface area contributed by atoms with Crippen molar-refractivity contribution in [2.75, 3.05) is 14.2 Å². The summed E-state index contributed by atoms with van der Waals surface area (Å²) in [5.74, 6) is -0.624. The molecule has 0 aliphatic heterocycles. The molecule has 5 rings (SSSR count). The van der Waals surface area contributed by atoms with E-state index < -0.39 is 17.7 Å². The molecule has 2 aliphatic carbocycles. The van der Waals surface area contributed by atoms with Crippen molar-refractivity contribution in [1.29, 1.82) is 0 Å². The molecular formula is C32H34F2O5. The van der Waals surface area contributed by atoms with Gasteiger partial charge in [-0.2, -0.15) is 0 Å². The normalized spacial score (nSPS) is 17.3.